The minimum atomic E-state index is -0.225. The maximum Gasteiger partial charge on any atom is 0.274 e. The molecule has 1 amide bonds. The van der Waals surface area contributed by atoms with Crippen LogP contribution in [0.25, 0.3) is 0 Å². The first-order valence-corrected chi connectivity index (χ1v) is 5.02. The summed E-state index contributed by atoms with van der Waals surface area (Å²) in [7, 11) is 0. The molecule has 1 rings (SSSR count). The summed E-state index contributed by atoms with van der Waals surface area (Å²) < 4.78 is 5.03. The Morgan fingerprint density at radius 3 is 2.87 bits per heavy atom. The van der Waals surface area contributed by atoms with E-state index in [1.807, 2.05) is 6.92 Å². The average Bonchev–Trinajstić information content (AvgIpc) is 2.61. The second kappa shape index (κ2) is 5.34. The highest BCUT2D eigenvalue weighted by Gasteiger charge is 2.09. The van der Waals surface area contributed by atoms with Gasteiger partial charge in [0.15, 0.2) is 0 Å². The standard InChI is InChI=1S/C11H16N2O2/c1-4-5-8(2)12-13-11(14)10-6-7-15-9(10)3/h6-7H,4-5H2,1-3H3,(H,13,14)/b12-8+. The lowest BCUT2D eigenvalue weighted by atomic mass is 10.2. The van der Waals surface area contributed by atoms with E-state index in [0.717, 1.165) is 18.6 Å². The molecule has 0 aromatic carbocycles. The van der Waals surface area contributed by atoms with Gasteiger partial charge in [0, 0.05) is 5.71 Å². The number of rotatable bonds is 4. The number of nitrogens with one attached hydrogen (secondary N) is 1. The number of nitrogens with zero attached hydrogens (tertiary/aromatic N) is 1. The van der Waals surface area contributed by atoms with Gasteiger partial charge in [-0.05, 0) is 26.3 Å². The van der Waals surface area contributed by atoms with Crippen LogP contribution in [-0.4, -0.2) is 11.6 Å². The Morgan fingerprint density at radius 1 is 1.60 bits per heavy atom. The molecule has 1 aromatic rings. The van der Waals surface area contributed by atoms with E-state index in [9.17, 15) is 4.79 Å². The summed E-state index contributed by atoms with van der Waals surface area (Å²) in [5.74, 6) is 0.382. The van der Waals surface area contributed by atoms with Crippen LogP contribution < -0.4 is 5.43 Å². The van der Waals surface area contributed by atoms with Crippen LogP contribution in [0.3, 0.4) is 0 Å². The first kappa shape index (κ1) is 11.5. The molecule has 4 nitrogen and oxygen atoms in total. The third-order valence-corrected chi connectivity index (χ3v) is 2.06. The SMILES string of the molecule is CCC/C(C)=N/NC(=O)c1ccoc1C. The Labute approximate surface area is 89.4 Å². The van der Waals surface area contributed by atoms with Gasteiger partial charge in [-0.1, -0.05) is 13.3 Å². The second-order valence-corrected chi connectivity index (χ2v) is 3.43. The zero-order valence-corrected chi connectivity index (χ0v) is 9.33. The highest BCUT2D eigenvalue weighted by Crippen LogP contribution is 2.07. The molecule has 0 aliphatic heterocycles. The molecule has 0 saturated heterocycles. The molecule has 0 saturated carbocycles. The third-order valence-electron chi connectivity index (χ3n) is 2.06. The third kappa shape index (κ3) is 3.23. The van der Waals surface area contributed by atoms with Gasteiger partial charge in [-0.3, -0.25) is 4.79 Å². The van der Waals surface area contributed by atoms with Crippen LogP contribution in [0.15, 0.2) is 21.8 Å². The van der Waals surface area contributed by atoms with Crippen LogP contribution >= 0.6 is 0 Å². The minimum absolute atomic E-state index is 0.225. The van der Waals surface area contributed by atoms with E-state index < -0.39 is 0 Å². The number of hydrogen-bond acceptors (Lipinski definition) is 3. The van der Waals surface area contributed by atoms with E-state index in [-0.39, 0.29) is 5.91 Å². The number of furan rings is 1. The number of carbonyl (C=O) groups excluding carboxylic acids is 1. The monoisotopic (exact) mass is 208 g/mol. The van der Waals surface area contributed by atoms with Gasteiger partial charge in [0.05, 0.1) is 11.8 Å². The molecular formula is C11H16N2O2. The van der Waals surface area contributed by atoms with E-state index in [1.54, 1.807) is 13.0 Å². The Balaban J connectivity index is 2.57. The van der Waals surface area contributed by atoms with Gasteiger partial charge in [-0.15, -0.1) is 0 Å². The molecule has 15 heavy (non-hydrogen) atoms. The molecule has 0 bridgehead atoms. The zero-order valence-electron chi connectivity index (χ0n) is 9.33. The van der Waals surface area contributed by atoms with Crippen LogP contribution in [0, 0.1) is 6.92 Å². The van der Waals surface area contributed by atoms with E-state index in [1.165, 1.54) is 6.26 Å². The number of hydrogen-bond donors (Lipinski definition) is 1. The first-order valence-electron chi connectivity index (χ1n) is 5.02. The van der Waals surface area contributed by atoms with E-state index in [0.29, 0.717) is 11.3 Å². The van der Waals surface area contributed by atoms with Crippen molar-refractivity contribution in [2.45, 2.75) is 33.6 Å². The van der Waals surface area contributed by atoms with Crippen LogP contribution in [0.1, 0.15) is 42.8 Å². The summed E-state index contributed by atoms with van der Waals surface area (Å²) in [5, 5.41) is 3.99. The van der Waals surface area contributed by atoms with Crippen LogP contribution in [-0.2, 0) is 0 Å². The highest BCUT2D eigenvalue weighted by molar-refractivity contribution is 5.95. The van der Waals surface area contributed by atoms with Crippen molar-refractivity contribution in [1.82, 2.24) is 5.43 Å². The van der Waals surface area contributed by atoms with E-state index in [2.05, 4.69) is 17.5 Å². The number of carbonyl (C=O) groups is 1. The van der Waals surface area contributed by atoms with Gasteiger partial charge >= 0.3 is 0 Å². The lowest BCUT2D eigenvalue weighted by molar-refractivity contribution is 0.0953. The van der Waals surface area contributed by atoms with Crippen LogP contribution in [0.4, 0.5) is 0 Å². The predicted octanol–water partition coefficient (Wildman–Crippen LogP) is 2.49. The second-order valence-electron chi connectivity index (χ2n) is 3.43. The molecule has 0 radical (unpaired) electrons. The minimum Gasteiger partial charge on any atom is -0.469 e. The van der Waals surface area contributed by atoms with Crippen LogP contribution in [0.5, 0.6) is 0 Å². The Hall–Kier alpha value is -1.58. The number of aryl methyl sites for hydroxylation is 1. The first-order chi connectivity index (χ1) is 7.15. The molecule has 1 N–H and O–H groups in total. The molecule has 1 heterocycles. The van der Waals surface area contributed by atoms with Gasteiger partial charge in [0.1, 0.15) is 5.76 Å². The fourth-order valence-corrected chi connectivity index (χ4v) is 1.24. The Bertz CT molecular complexity index is 366. The molecule has 0 unspecified atom stereocenters. The molecule has 1 aromatic heterocycles. The maximum atomic E-state index is 11.6. The predicted molar refractivity (Wildman–Crippen MR) is 58.9 cm³/mol. The summed E-state index contributed by atoms with van der Waals surface area (Å²) >= 11 is 0. The normalized spacial score (nSPS) is 11.5. The summed E-state index contributed by atoms with van der Waals surface area (Å²) in [5.41, 5.74) is 3.95. The highest BCUT2D eigenvalue weighted by atomic mass is 16.3. The molecular weight excluding hydrogens is 192 g/mol. The van der Waals surface area contributed by atoms with Gasteiger partial charge in [0.25, 0.3) is 5.91 Å². The van der Waals surface area contributed by atoms with Gasteiger partial charge < -0.3 is 4.42 Å². The molecule has 0 spiro atoms. The summed E-state index contributed by atoms with van der Waals surface area (Å²) in [6.07, 6.45) is 3.41. The Morgan fingerprint density at radius 2 is 2.33 bits per heavy atom. The summed E-state index contributed by atoms with van der Waals surface area (Å²) in [4.78, 5) is 11.6. The molecule has 0 fully saturated rings. The number of hydrazone groups is 1. The van der Waals surface area contributed by atoms with Gasteiger partial charge in [0.2, 0.25) is 0 Å². The lowest BCUT2D eigenvalue weighted by Gasteiger charge is -2.00. The molecule has 0 aliphatic rings. The molecule has 0 atom stereocenters. The summed E-state index contributed by atoms with van der Waals surface area (Å²) in [6, 6.07) is 1.63. The topological polar surface area (TPSA) is 54.6 Å². The fourth-order valence-electron chi connectivity index (χ4n) is 1.24. The van der Waals surface area contributed by atoms with Crippen molar-refractivity contribution in [2.24, 2.45) is 5.10 Å². The molecule has 82 valence electrons. The van der Waals surface area contributed by atoms with Crippen LogP contribution in [0.2, 0.25) is 0 Å². The van der Waals surface area contributed by atoms with E-state index in [4.69, 9.17) is 4.42 Å². The maximum absolute atomic E-state index is 11.6. The van der Waals surface area contributed by atoms with E-state index >= 15 is 0 Å². The van der Waals surface area contributed by atoms with Crippen molar-refractivity contribution in [1.29, 1.82) is 0 Å². The molecule has 4 heteroatoms. The Kier molecular flexibility index (Phi) is 4.09. The van der Waals surface area contributed by atoms with Crippen molar-refractivity contribution < 1.29 is 9.21 Å². The summed E-state index contributed by atoms with van der Waals surface area (Å²) in [6.45, 7) is 5.71. The van der Waals surface area contributed by atoms with Gasteiger partial charge in [-0.2, -0.15) is 5.10 Å². The number of amides is 1. The largest absolute Gasteiger partial charge is 0.469 e. The quantitative estimate of drug-likeness (QED) is 0.610. The van der Waals surface area contributed by atoms with Crippen molar-refractivity contribution in [3.63, 3.8) is 0 Å². The van der Waals surface area contributed by atoms with Crippen molar-refractivity contribution in [3.05, 3.63) is 23.7 Å². The smallest absolute Gasteiger partial charge is 0.274 e. The van der Waals surface area contributed by atoms with Crippen molar-refractivity contribution in [2.75, 3.05) is 0 Å². The van der Waals surface area contributed by atoms with Crippen molar-refractivity contribution in [3.8, 4) is 0 Å². The average molecular weight is 208 g/mol. The zero-order chi connectivity index (χ0) is 11.3. The molecule has 0 aliphatic carbocycles. The fraction of sp³-hybridized carbons (Fsp3) is 0.455. The van der Waals surface area contributed by atoms with Gasteiger partial charge in [-0.25, -0.2) is 5.43 Å². The lowest BCUT2D eigenvalue weighted by Crippen LogP contribution is -2.19. The van der Waals surface area contributed by atoms with Crippen molar-refractivity contribution >= 4 is 11.6 Å².